The Morgan fingerprint density at radius 3 is 2.67 bits per heavy atom. The standard InChI is InChI=1S/C15H16/c1-10-3-4-12-8-14-6-11(2)7-15(14)9-13(12)5-10/h3-5,7H,6,8-9H2,1-2H3. The van der Waals surface area contributed by atoms with E-state index in [1.54, 1.807) is 22.3 Å². The average molecular weight is 196 g/mol. The molecule has 0 atom stereocenters. The number of aryl methyl sites for hydroxylation is 1. The van der Waals surface area contributed by atoms with Crippen LogP contribution in [-0.4, -0.2) is 0 Å². The largest absolute Gasteiger partial charge is 0.0690 e. The van der Waals surface area contributed by atoms with Gasteiger partial charge in [-0.15, -0.1) is 0 Å². The van der Waals surface area contributed by atoms with Crippen molar-refractivity contribution in [3.05, 3.63) is 57.7 Å². The molecule has 0 amide bonds. The third-order valence-electron chi connectivity index (χ3n) is 3.51. The SMILES string of the molecule is CC1=CC2=C(C1)Cc1ccc(C)cc1C2. The molecule has 0 aromatic heterocycles. The van der Waals surface area contributed by atoms with Crippen molar-refractivity contribution in [2.24, 2.45) is 0 Å². The second-order valence-electron chi connectivity index (χ2n) is 4.92. The highest BCUT2D eigenvalue weighted by molar-refractivity contribution is 5.50. The Labute approximate surface area is 91.3 Å². The van der Waals surface area contributed by atoms with Crippen LogP contribution in [0.5, 0.6) is 0 Å². The van der Waals surface area contributed by atoms with Crippen molar-refractivity contribution in [3.63, 3.8) is 0 Å². The summed E-state index contributed by atoms with van der Waals surface area (Å²) in [5.41, 5.74) is 9.25. The van der Waals surface area contributed by atoms with Crippen molar-refractivity contribution in [2.45, 2.75) is 33.1 Å². The molecular formula is C15H16. The van der Waals surface area contributed by atoms with Gasteiger partial charge in [0.25, 0.3) is 0 Å². The maximum atomic E-state index is 2.39. The van der Waals surface area contributed by atoms with Crippen LogP contribution in [0.4, 0.5) is 0 Å². The summed E-state index contributed by atoms with van der Waals surface area (Å²) in [6, 6.07) is 6.89. The summed E-state index contributed by atoms with van der Waals surface area (Å²) in [5, 5.41) is 0. The van der Waals surface area contributed by atoms with Gasteiger partial charge in [-0.25, -0.2) is 0 Å². The van der Waals surface area contributed by atoms with Crippen LogP contribution in [0.15, 0.2) is 41.0 Å². The second kappa shape index (κ2) is 3.10. The molecule has 2 aliphatic rings. The summed E-state index contributed by atoms with van der Waals surface area (Å²) in [5.74, 6) is 0. The van der Waals surface area contributed by atoms with Crippen LogP contribution in [-0.2, 0) is 12.8 Å². The Morgan fingerprint density at radius 1 is 0.933 bits per heavy atom. The zero-order chi connectivity index (χ0) is 10.4. The lowest BCUT2D eigenvalue weighted by Crippen LogP contribution is -2.05. The molecule has 0 heterocycles. The van der Waals surface area contributed by atoms with Gasteiger partial charge in [-0.1, -0.05) is 41.0 Å². The zero-order valence-electron chi connectivity index (χ0n) is 9.43. The fourth-order valence-electron chi connectivity index (χ4n) is 2.78. The van der Waals surface area contributed by atoms with E-state index in [0.717, 1.165) is 6.42 Å². The minimum Gasteiger partial charge on any atom is -0.0690 e. The van der Waals surface area contributed by atoms with Crippen LogP contribution in [0.25, 0.3) is 0 Å². The van der Waals surface area contributed by atoms with Crippen molar-refractivity contribution in [2.75, 3.05) is 0 Å². The Balaban J connectivity index is 2.02. The van der Waals surface area contributed by atoms with E-state index < -0.39 is 0 Å². The van der Waals surface area contributed by atoms with Crippen LogP contribution in [0.3, 0.4) is 0 Å². The average Bonchev–Trinajstić information content (AvgIpc) is 2.53. The predicted octanol–water partition coefficient (Wildman–Crippen LogP) is 3.74. The van der Waals surface area contributed by atoms with Gasteiger partial charge < -0.3 is 0 Å². The van der Waals surface area contributed by atoms with Crippen molar-refractivity contribution < 1.29 is 0 Å². The third-order valence-corrected chi connectivity index (χ3v) is 3.51. The van der Waals surface area contributed by atoms with E-state index >= 15 is 0 Å². The minimum atomic E-state index is 1.16. The quantitative estimate of drug-likeness (QED) is 0.593. The highest BCUT2D eigenvalue weighted by Crippen LogP contribution is 2.35. The molecule has 0 fully saturated rings. The van der Waals surface area contributed by atoms with E-state index in [4.69, 9.17) is 0 Å². The minimum absolute atomic E-state index is 1.16. The molecule has 0 spiro atoms. The fraction of sp³-hybridized carbons (Fsp3) is 0.333. The molecular weight excluding hydrogens is 180 g/mol. The van der Waals surface area contributed by atoms with Crippen molar-refractivity contribution >= 4 is 0 Å². The molecule has 2 aliphatic carbocycles. The number of benzene rings is 1. The Morgan fingerprint density at radius 2 is 1.80 bits per heavy atom. The lowest BCUT2D eigenvalue weighted by atomic mass is 9.86. The lowest BCUT2D eigenvalue weighted by Gasteiger charge is -2.18. The van der Waals surface area contributed by atoms with Crippen molar-refractivity contribution in [1.82, 2.24) is 0 Å². The molecule has 0 saturated heterocycles. The zero-order valence-corrected chi connectivity index (χ0v) is 9.43. The van der Waals surface area contributed by atoms with E-state index in [9.17, 15) is 0 Å². The molecule has 0 N–H and O–H groups in total. The first-order chi connectivity index (χ1) is 7.22. The normalized spacial score (nSPS) is 18.7. The maximum absolute atomic E-state index is 2.39. The molecule has 0 heteroatoms. The first-order valence-electron chi connectivity index (χ1n) is 5.69. The van der Waals surface area contributed by atoms with Crippen LogP contribution < -0.4 is 0 Å². The topological polar surface area (TPSA) is 0 Å². The number of allylic oxidation sites excluding steroid dienone is 4. The molecule has 15 heavy (non-hydrogen) atoms. The van der Waals surface area contributed by atoms with Gasteiger partial charge in [0.05, 0.1) is 0 Å². The molecule has 0 radical (unpaired) electrons. The summed E-state index contributed by atoms with van der Waals surface area (Å²) < 4.78 is 0. The number of hydrogen-bond acceptors (Lipinski definition) is 0. The first kappa shape index (κ1) is 8.96. The predicted molar refractivity (Wildman–Crippen MR) is 64.0 cm³/mol. The molecule has 1 aromatic rings. The van der Waals surface area contributed by atoms with E-state index in [-0.39, 0.29) is 0 Å². The highest BCUT2D eigenvalue weighted by atomic mass is 14.2. The van der Waals surface area contributed by atoms with E-state index in [0.29, 0.717) is 0 Å². The summed E-state index contributed by atoms with van der Waals surface area (Å²) in [6.07, 6.45) is 5.94. The van der Waals surface area contributed by atoms with Gasteiger partial charge in [-0.2, -0.15) is 0 Å². The van der Waals surface area contributed by atoms with Gasteiger partial charge in [0.15, 0.2) is 0 Å². The summed E-state index contributed by atoms with van der Waals surface area (Å²) >= 11 is 0. The molecule has 0 bridgehead atoms. The van der Waals surface area contributed by atoms with Crippen LogP contribution in [0, 0.1) is 6.92 Å². The molecule has 0 aliphatic heterocycles. The van der Waals surface area contributed by atoms with E-state index in [2.05, 4.69) is 38.1 Å². The lowest BCUT2D eigenvalue weighted by molar-refractivity contribution is 0.952. The van der Waals surface area contributed by atoms with Gasteiger partial charge in [0.1, 0.15) is 0 Å². The van der Waals surface area contributed by atoms with Crippen LogP contribution >= 0.6 is 0 Å². The third kappa shape index (κ3) is 1.45. The highest BCUT2D eigenvalue weighted by Gasteiger charge is 2.20. The second-order valence-corrected chi connectivity index (χ2v) is 4.92. The molecule has 1 aromatic carbocycles. The molecule has 3 rings (SSSR count). The number of hydrogen-bond donors (Lipinski definition) is 0. The van der Waals surface area contributed by atoms with Gasteiger partial charge in [0, 0.05) is 0 Å². The van der Waals surface area contributed by atoms with E-state index in [1.165, 1.54) is 24.0 Å². The monoisotopic (exact) mass is 196 g/mol. The summed E-state index contributed by atoms with van der Waals surface area (Å²) in [4.78, 5) is 0. The Bertz CT molecular complexity index is 487. The Hall–Kier alpha value is -1.30. The first-order valence-corrected chi connectivity index (χ1v) is 5.69. The maximum Gasteiger partial charge on any atom is -0.00231 e. The van der Waals surface area contributed by atoms with Gasteiger partial charge in [-0.05, 0) is 49.8 Å². The van der Waals surface area contributed by atoms with Crippen LogP contribution in [0.2, 0.25) is 0 Å². The fourth-order valence-corrected chi connectivity index (χ4v) is 2.78. The summed E-state index contributed by atoms with van der Waals surface area (Å²) in [6.45, 7) is 4.42. The summed E-state index contributed by atoms with van der Waals surface area (Å²) in [7, 11) is 0. The van der Waals surface area contributed by atoms with Gasteiger partial charge in [-0.3, -0.25) is 0 Å². The van der Waals surface area contributed by atoms with Crippen LogP contribution in [0.1, 0.15) is 30.0 Å². The molecule has 0 nitrogen and oxygen atoms in total. The molecule has 76 valence electrons. The van der Waals surface area contributed by atoms with Crippen molar-refractivity contribution in [3.8, 4) is 0 Å². The van der Waals surface area contributed by atoms with Gasteiger partial charge in [0.2, 0.25) is 0 Å². The van der Waals surface area contributed by atoms with Crippen molar-refractivity contribution in [1.29, 1.82) is 0 Å². The smallest absolute Gasteiger partial charge is 0.00231 e. The Kier molecular flexibility index (Phi) is 1.85. The molecule has 0 unspecified atom stereocenters. The number of fused-ring (bicyclic) bond motifs is 1. The van der Waals surface area contributed by atoms with E-state index in [1.807, 2.05) is 0 Å². The number of rotatable bonds is 0. The molecule has 0 saturated carbocycles. The van der Waals surface area contributed by atoms with Gasteiger partial charge >= 0.3 is 0 Å².